The third kappa shape index (κ3) is 7.59. The molecule has 1 aliphatic heterocycles. The Bertz CT molecular complexity index is 853. The predicted molar refractivity (Wildman–Crippen MR) is 137 cm³/mol. The molecule has 9 nitrogen and oxygen atoms in total. The Balaban J connectivity index is 0.00000363. The van der Waals surface area contributed by atoms with Gasteiger partial charge >= 0.3 is 0 Å². The van der Waals surface area contributed by atoms with Gasteiger partial charge in [-0.3, -0.25) is 4.90 Å². The standard InChI is InChI=1S/C22H35N7O2.HI/c1-18-25-26-21(28(18)3)16-24-22(23-10-7-11-29-12-14-31-15-13-29)27(2)17-19-8-5-6-9-20(19)30-4;/h5-6,8-9H,7,10-17H2,1-4H3,(H,23,24);1H. The quantitative estimate of drug-likeness (QED) is 0.219. The molecule has 1 aromatic heterocycles. The Labute approximate surface area is 208 Å². The summed E-state index contributed by atoms with van der Waals surface area (Å²) in [6.07, 6.45) is 1.05. The van der Waals surface area contributed by atoms with Crippen LogP contribution < -0.4 is 10.1 Å². The van der Waals surface area contributed by atoms with Crippen molar-refractivity contribution >= 4 is 29.9 Å². The first-order chi connectivity index (χ1) is 15.1. The lowest BCUT2D eigenvalue weighted by Crippen LogP contribution is -2.41. The molecule has 0 atom stereocenters. The molecule has 32 heavy (non-hydrogen) atoms. The number of aliphatic imine (C=N–C) groups is 1. The van der Waals surface area contributed by atoms with Crippen molar-refractivity contribution in [1.29, 1.82) is 0 Å². The largest absolute Gasteiger partial charge is 0.496 e. The first-order valence-corrected chi connectivity index (χ1v) is 10.8. The number of guanidine groups is 1. The molecule has 178 valence electrons. The summed E-state index contributed by atoms with van der Waals surface area (Å²) < 4.78 is 12.9. The summed E-state index contributed by atoms with van der Waals surface area (Å²) in [6, 6.07) is 8.08. The molecule has 10 heteroatoms. The van der Waals surface area contributed by atoms with Gasteiger partial charge in [0.05, 0.1) is 20.3 Å². The van der Waals surface area contributed by atoms with Crippen molar-refractivity contribution in [3.63, 3.8) is 0 Å². The highest BCUT2D eigenvalue weighted by Crippen LogP contribution is 2.18. The molecule has 1 fully saturated rings. The summed E-state index contributed by atoms with van der Waals surface area (Å²) >= 11 is 0. The first kappa shape index (κ1) is 26.3. The maximum absolute atomic E-state index is 5.52. The highest BCUT2D eigenvalue weighted by Gasteiger charge is 2.13. The molecule has 1 N–H and O–H groups in total. The number of benzene rings is 1. The third-order valence-corrected chi connectivity index (χ3v) is 5.55. The number of methoxy groups -OCH3 is 1. The molecule has 0 aliphatic carbocycles. The van der Waals surface area contributed by atoms with Crippen LogP contribution in [0, 0.1) is 6.92 Å². The SMILES string of the molecule is COc1ccccc1CN(C)C(=NCc1nnc(C)n1C)NCCCN1CCOCC1.I. The van der Waals surface area contributed by atoms with E-state index in [1.165, 1.54) is 0 Å². The van der Waals surface area contributed by atoms with Crippen molar-refractivity contribution in [2.75, 3.05) is 53.6 Å². The van der Waals surface area contributed by atoms with E-state index in [4.69, 9.17) is 14.5 Å². The number of ether oxygens (including phenoxy) is 2. The van der Waals surface area contributed by atoms with Crippen LogP contribution in [0.25, 0.3) is 0 Å². The minimum atomic E-state index is 0. The van der Waals surface area contributed by atoms with Crippen LogP contribution in [0.15, 0.2) is 29.3 Å². The Morgan fingerprint density at radius 3 is 2.69 bits per heavy atom. The predicted octanol–water partition coefficient (Wildman–Crippen LogP) is 2.05. The van der Waals surface area contributed by atoms with Crippen LogP contribution >= 0.6 is 24.0 Å². The van der Waals surface area contributed by atoms with E-state index in [1.807, 2.05) is 43.8 Å². The number of nitrogens with zero attached hydrogens (tertiary/aromatic N) is 6. The molecule has 0 spiro atoms. The van der Waals surface area contributed by atoms with Gasteiger partial charge in [-0.1, -0.05) is 18.2 Å². The van der Waals surface area contributed by atoms with Crippen LogP contribution in [0.2, 0.25) is 0 Å². The van der Waals surface area contributed by atoms with Crippen molar-refractivity contribution in [3.8, 4) is 5.75 Å². The van der Waals surface area contributed by atoms with Crippen molar-refractivity contribution in [2.24, 2.45) is 12.0 Å². The molecule has 2 heterocycles. The number of aromatic nitrogens is 3. The van der Waals surface area contributed by atoms with Crippen LogP contribution in [0.5, 0.6) is 5.75 Å². The van der Waals surface area contributed by atoms with Crippen molar-refractivity contribution in [1.82, 2.24) is 29.9 Å². The van der Waals surface area contributed by atoms with Gasteiger partial charge in [0.1, 0.15) is 18.1 Å². The molecule has 0 unspecified atom stereocenters. The van der Waals surface area contributed by atoms with Gasteiger partial charge in [-0.25, -0.2) is 4.99 Å². The first-order valence-electron chi connectivity index (χ1n) is 10.8. The second-order valence-corrected chi connectivity index (χ2v) is 7.76. The van der Waals surface area contributed by atoms with E-state index >= 15 is 0 Å². The van der Waals surface area contributed by atoms with E-state index in [0.29, 0.717) is 13.1 Å². The van der Waals surface area contributed by atoms with Crippen LogP contribution in [-0.4, -0.2) is 84.1 Å². The summed E-state index contributed by atoms with van der Waals surface area (Å²) in [5, 5.41) is 11.9. The zero-order valence-corrected chi connectivity index (χ0v) is 21.9. The zero-order chi connectivity index (χ0) is 22.1. The van der Waals surface area contributed by atoms with Crippen molar-refractivity contribution in [2.45, 2.75) is 26.4 Å². The van der Waals surface area contributed by atoms with E-state index in [-0.39, 0.29) is 24.0 Å². The van der Waals surface area contributed by atoms with Gasteiger partial charge in [0, 0.05) is 45.8 Å². The molecule has 0 radical (unpaired) electrons. The van der Waals surface area contributed by atoms with E-state index in [1.54, 1.807) is 7.11 Å². The summed E-state index contributed by atoms with van der Waals surface area (Å²) in [4.78, 5) is 9.41. The van der Waals surface area contributed by atoms with Gasteiger partial charge in [0.15, 0.2) is 11.8 Å². The fraction of sp³-hybridized carbons (Fsp3) is 0.591. The van der Waals surface area contributed by atoms with Gasteiger partial charge in [-0.2, -0.15) is 0 Å². The number of morpholine rings is 1. The Morgan fingerprint density at radius 2 is 2.00 bits per heavy atom. The van der Waals surface area contributed by atoms with Crippen molar-refractivity contribution < 1.29 is 9.47 Å². The normalized spacial score (nSPS) is 14.7. The average Bonchev–Trinajstić information content (AvgIpc) is 3.11. The van der Waals surface area contributed by atoms with E-state index in [0.717, 1.165) is 74.7 Å². The van der Waals surface area contributed by atoms with E-state index in [2.05, 4.69) is 31.4 Å². The van der Waals surface area contributed by atoms with Crippen LogP contribution in [0.3, 0.4) is 0 Å². The van der Waals surface area contributed by atoms with Crippen LogP contribution in [0.4, 0.5) is 0 Å². The molecule has 0 amide bonds. The second kappa shape index (κ2) is 13.6. The maximum atomic E-state index is 5.52. The lowest BCUT2D eigenvalue weighted by atomic mass is 10.2. The second-order valence-electron chi connectivity index (χ2n) is 7.76. The number of rotatable bonds is 9. The minimum Gasteiger partial charge on any atom is -0.496 e. The molecule has 1 aromatic carbocycles. The molecule has 1 aliphatic rings. The maximum Gasteiger partial charge on any atom is 0.194 e. The smallest absolute Gasteiger partial charge is 0.194 e. The highest BCUT2D eigenvalue weighted by atomic mass is 127. The lowest BCUT2D eigenvalue weighted by Gasteiger charge is -2.27. The Hall–Kier alpha value is -1.92. The van der Waals surface area contributed by atoms with Crippen LogP contribution in [0.1, 0.15) is 23.6 Å². The summed E-state index contributed by atoms with van der Waals surface area (Å²) in [5.41, 5.74) is 1.12. The van der Waals surface area contributed by atoms with Gasteiger partial charge in [-0.05, 0) is 26.0 Å². The van der Waals surface area contributed by atoms with Gasteiger partial charge in [0.2, 0.25) is 0 Å². The minimum absolute atomic E-state index is 0. The van der Waals surface area contributed by atoms with Gasteiger partial charge in [0.25, 0.3) is 0 Å². The van der Waals surface area contributed by atoms with Crippen molar-refractivity contribution in [3.05, 3.63) is 41.5 Å². The van der Waals surface area contributed by atoms with Gasteiger partial charge < -0.3 is 24.3 Å². The number of nitrogens with one attached hydrogen (secondary N) is 1. The summed E-state index contributed by atoms with van der Waals surface area (Å²) in [5.74, 6) is 3.45. The Morgan fingerprint density at radius 1 is 1.25 bits per heavy atom. The molecule has 0 saturated carbocycles. The monoisotopic (exact) mass is 557 g/mol. The number of para-hydroxylation sites is 1. The van der Waals surface area contributed by atoms with Gasteiger partial charge in [-0.15, -0.1) is 34.2 Å². The Kier molecular flexibility index (Phi) is 11.2. The van der Waals surface area contributed by atoms with E-state index in [9.17, 15) is 0 Å². The fourth-order valence-corrected chi connectivity index (χ4v) is 3.54. The number of halogens is 1. The molecule has 0 bridgehead atoms. The molecule has 1 saturated heterocycles. The molecular formula is C22H36IN7O2. The van der Waals surface area contributed by atoms with Crippen LogP contribution in [-0.2, 0) is 24.9 Å². The molecule has 2 aromatic rings. The topological polar surface area (TPSA) is 80.0 Å². The summed E-state index contributed by atoms with van der Waals surface area (Å²) in [6.45, 7) is 8.71. The highest BCUT2D eigenvalue weighted by molar-refractivity contribution is 14.0. The third-order valence-electron chi connectivity index (χ3n) is 5.55. The average molecular weight is 557 g/mol. The molecule has 3 rings (SSSR count). The lowest BCUT2D eigenvalue weighted by molar-refractivity contribution is 0.0375. The molecular weight excluding hydrogens is 521 g/mol. The number of hydrogen-bond acceptors (Lipinski definition) is 6. The number of aryl methyl sites for hydroxylation is 1. The fourth-order valence-electron chi connectivity index (χ4n) is 3.54. The number of hydrogen-bond donors (Lipinski definition) is 1. The van der Waals surface area contributed by atoms with E-state index < -0.39 is 0 Å². The summed E-state index contributed by atoms with van der Waals surface area (Å²) in [7, 11) is 5.71. The zero-order valence-electron chi connectivity index (χ0n) is 19.6.